The Morgan fingerprint density at radius 2 is 0.906 bits per heavy atom. The first-order valence-corrected chi connectivity index (χ1v) is 18.3. The molecule has 53 heavy (non-hydrogen) atoms. The van der Waals surface area contributed by atoms with Gasteiger partial charge >= 0.3 is 5.51 Å². The van der Waals surface area contributed by atoms with E-state index in [9.17, 15) is 13.2 Å². The number of nitrogens with one attached hydrogen (secondary N) is 2. The van der Waals surface area contributed by atoms with Crippen LogP contribution in [0.1, 0.15) is 96.2 Å². The smallest absolute Gasteiger partial charge is 0.485 e. The molecule has 0 spiro atoms. The molecule has 0 saturated carbocycles. The zero-order valence-corrected chi connectivity index (χ0v) is 31.5. The van der Waals surface area contributed by atoms with Gasteiger partial charge in [0.1, 0.15) is 0 Å². The Kier molecular flexibility index (Phi) is 12.8. The van der Waals surface area contributed by atoms with Crippen LogP contribution in [0, 0.1) is 6.07 Å². The van der Waals surface area contributed by atoms with Gasteiger partial charge in [-0.3, -0.25) is 0 Å². The molecule has 2 saturated heterocycles. The third-order valence-corrected chi connectivity index (χ3v) is 9.74. The second-order valence-corrected chi connectivity index (χ2v) is 15.2. The van der Waals surface area contributed by atoms with E-state index >= 15 is 0 Å². The Morgan fingerprint density at radius 1 is 0.604 bits per heavy atom. The summed E-state index contributed by atoms with van der Waals surface area (Å²) in [5.41, 5.74) is 2.59. The number of rotatable bonds is 6. The molecule has 5 aromatic carbocycles. The van der Waals surface area contributed by atoms with E-state index in [-0.39, 0.29) is 62.3 Å². The first kappa shape index (κ1) is 40.5. The molecular formula is C41H39F3N4O3PdS-4. The predicted octanol–water partition coefficient (Wildman–Crippen LogP) is 9.75. The maximum Gasteiger partial charge on any atom is 0.485 e. The van der Waals surface area contributed by atoms with Gasteiger partial charge in [0.05, 0.1) is 0 Å². The summed E-state index contributed by atoms with van der Waals surface area (Å²) in [7, 11) is -6.09. The fourth-order valence-electron chi connectivity index (χ4n) is 6.52. The largest absolute Gasteiger partial charge is 0.741 e. The van der Waals surface area contributed by atoms with E-state index in [1.807, 2.05) is 0 Å². The van der Waals surface area contributed by atoms with E-state index in [2.05, 4.69) is 171 Å². The molecule has 0 bridgehead atoms. The Labute approximate surface area is 323 Å². The van der Waals surface area contributed by atoms with Gasteiger partial charge in [0.25, 0.3) is 0 Å². The standard InChI is InChI=1S/C40H39N4.CHF3O3S.Pd/c1-40(2,3)33-25-31(38-41-34(27-16-8-4-9-17-27)35(42-38)28-18-10-5-11-19-28)24-32(26-33)39-43-36(29-20-12-6-13-21-29)37(44-39)30-22-14-7-15-23-30;2-1(3,4)8(5,6)7;/h4-23,25-26,34-39,41,43H,1-3H3;(H,5,6,7);/q-3;;/p-1/t34-,35-,36-,37-,38?,39?;;/m1../s1. The fourth-order valence-corrected chi connectivity index (χ4v) is 6.52. The van der Waals surface area contributed by atoms with Crippen molar-refractivity contribution in [1.82, 2.24) is 10.6 Å². The van der Waals surface area contributed by atoms with Gasteiger partial charge in [-0.1, -0.05) is 178 Å². The SMILES string of the molecule is CC(C)(C)c1cc(C2[N-][C@H](c3ccccc3)[C@@H](c3ccccc3)N2)[c-]c(C2[N-][C@H](c3ccccc3)[C@@H](c3ccccc3)N2)c1.O=S(=O)([O-])C(F)(F)F.[Pd]. The second-order valence-electron chi connectivity index (χ2n) is 13.9. The van der Waals surface area contributed by atoms with Crippen molar-refractivity contribution in [2.45, 2.75) is 68.2 Å². The van der Waals surface area contributed by atoms with Gasteiger partial charge in [-0.25, -0.2) is 8.42 Å². The molecule has 2 aliphatic heterocycles. The molecule has 5 aromatic rings. The minimum absolute atomic E-state index is 0. The molecule has 0 aromatic heterocycles. The molecule has 7 nitrogen and oxygen atoms in total. The number of hydrogen-bond donors (Lipinski definition) is 2. The molecule has 2 aliphatic rings. The van der Waals surface area contributed by atoms with Crippen LogP contribution in [0.25, 0.3) is 10.6 Å². The molecule has 7 rings (SSSR count). The average Bonchev–Trinajstić information content (AvgIpc) is 3.79. The van der Waals surface area contributed by atoms with Crippen molar-refractivity contribution in [3.63, 3.8) is 0 Å². The number of nitrogens with zero attached hydrogens (tertiary/aromatic N) is 2. The van der Waals surface area contributed by atoms with Crippen LogP contribution in [0.2, 0.25) is 0 Å². The van der Waals surface area contributed by atoms with E-state index in [1.54, 1.807) is 0 Å². The van der Waals surface area contributed by atoms with Crippen molar-refractivity contribution < 1.29 is 46.6 Å². The van der Waals surface area contributed by atoms with E-state index in [0.717, 1.165) is 11.1 Å². The van der Waals surface area contributed by atoms with Gasteiger partial charge in [-0.15, -0.1) is 0 Å². The van der Waals surface area contributed by atoms with E-state index in [0.29, 0.717) is 0 Å². The van der Waals surface area contributed by atoms with Crippen LogP contribution in [-0.4, -0.2) is 18.5 Å². The van der Waals surface area contributed by atoms with Crippen LogP contribution in [0.3, 0.4) is 0 Å². The van der Waals surface area contributed by atoms with Crippen molar-refractivity contribution in [1.29, 1.82) is 0 Å². The Bertz CT molecular complexity index is 1820. The molecule has 0 amide bonds. The van der Waals surface area contributed by atoms with E-state index < -0.39 is 15.6 Å². The van der Waals surface area contributed by atoms with Crippen LogP contribution in [0.4, 0.5) is 13.2 Å². The van der Waals surface area contributed by atoms with Crippen molar-refractivity contribution in [2.24, 2.45) is 0 Å². The molecule has 6 atom stereocenters. The van der Waals surface area contributed by atoms with Gasteiger partial charge in [0.2, 0.25) is 0 Å². The van der Waals surface area contributed by atoms with Crippen molar-refractivity contribution in [3.8, 4) is 0 Å². The van der Waals surface area contributed by atoms with Gasteiger partial charge < -0.3 is 25.8 Å². The number of benzene rings is 5. The maximum atomic E-state index is 10.7. The number of alkyl halides is 3. The first-order chi connectivity index (χ1) is 24.7. The summed E-state index contributed by atoms with van der Waals surface area (Å²) in [5, 5.41) is 18.6. The van der Waals surface area contributed by atoms with Gasteiger partial charge in [-0.05, 0) is 16.5 Å². The van der Waals surface area contributed by atoms with E-state index in [1.165, 1.54) is 27.8 Å². The zero-order chi connectivity index (χ0) is 37.1. The molecule has 282 valence electrons. The molecular weight excluding hydrogens is 792 g/mol. The van der Waals surface area contributed by atoms with E-state index in [4.69, 9.17) is 23.6 Å². The zero-order valence-electron chi connectivity index (χ0n) is 29.1. The molecule has 0 radical (unpaired) electrons. The molecule has 12 heteroatoms. The van der Waals surface area contributed by atoms with Crippen LogP contribution in [0.15, 0.2) is 133 Å². The third-order valence-electron chi connectivity index (χ3n) is 9.17. The summed E-state index contributed by atoms with van der Waals surface area (Å²) in [6.07, 6.45) is -0.384. The number of hydrogen-bond acceptors (Lipinski definition) is 5. The van der Waals surface area contributed by atoms with Crippen molar-refractivity contribution in [2.75, 3.05) is 0 Å². The third kappa shape index (κ3) is 9.70. The van der Waals surface area contributed by atoms with Crippen molar-refractivity contribution >= 4 is 10.1 Å². The fraction of sp³-hybridized carbons (Fsp3) is 0.268. The quantitative estimate of drug-likeness (QED) is 0.0767. The summed E-state index contributed by atoms with van der Waals surface area (Å²) in [6.45, 7) is 6.81. The summed E-state index contributed by atoms with van der Waals surface area (Å²) in [6, 6.07) is 51.2. The summed E-state index contributed by atoms with van der Waals surface area (Å²) >= 11 is 0. The first-order valence-electron chi connectivity index (χ1n) is 16.9. The van der Waals surface area contributed by atoms with Gasteiger partial charge in [-0.2, -0.15) is 48.1 Å². The molecule has 2 unspecified atom stereocenters. The summed E-state index contributed by atoms with van der Waals surface area (Å²) in [4.78, 5) is 0. The van der Waals surface area contributed by atoms with Gasteiger partial charge in [0.15, 0.2) is 10.1 Å². The maximum absolute atomic E-state index is 10.7. The van der Waals surface area contributed by atoms with Gasteiger partial charge in [0, 0.05) is 32.5 Å². The monoisotopic (exact) mass is 830 g/mol. The Balaban J connectivity index is 0.000000543. The average molecular weight is 831 g/mol. The minimum Gasteiger partial charge on any atom is -0.741 e. The molecule has 2 heterocycles. The molecule has 2 fully saturated rings. The Morgan fingerprint density at radius 3 is 1.19 bits per heavy atom. The van der Waals surface area contributed by atoms with Crippen LogP contribution >= 0.6 is 0 Å². The number of halogens is 3. The Hall–Kier alpha value is -3.70. The van der Waals surface area contributed by atoms with Crippen molar-refractivity contribution in [3.05, 3.63) is 189 Å². The molecule has 2 N–H and O–H groups in total. The predicted molar refractivity (Wildman–Crippen MR) is 195 cm³/mol. The van der Waals surface area contributed by atoms with Crippen LogP contribution in [-0.2, 0) is 36.0 Å². The topological polar surface area (TPSA) is 109 Å². The van der Waals surface area contributed by atoms with Crippen LogP contribution < -0.4 is 10.6 Å². The second kappa shape index (κ2) is 16.8. The van der Waals surface area contributed by atoms with Crippen LogP contribution in [0.5, 0.6) is 0 Å². The summed E-state index contributed by atoms with van der Waals surface area (Å²) < 4.78 is 58.9. The minimum atomic E-state index is -6.09. The normalized spacial score (nSPS) is 23.1. The molecule has 0 aliphatic carbocycles. The summed E-state index contributed by atoms with van der Waals surface area (Å²) in [5.74, 6) is 0.